The van der Waals surface area contributed by atoms with Crippen LogP contribution in [-0.2, 0) is 17.8 Å². The van der Waals surface area contributed by atoms with Gasteiger partial charge in [-0.2, -0.15) is 0 Å². The van der Waals surface area contributed by atoms with Gasteiger partial charge < -0.3 is 25.3 Å². The lowest BCUT2D eigenvalue weighted by molar-refractivity contribution is -0.274. The van der Waals surface area contributed by atoms with Crippen molar-refractivity contribution >= 4 is 28.5 Å². The summed E-state index contributed by atoms with van der Waals surface area (Å²) in [6.45, 7) is 0.677. The van der Waals surface area contributed by atoms with Gasteiger partial charge in [-0.25, -0.2) is 4.79 Å². The van der Waals surface area contributed by atoms with Crippen molar-refractivity contribution in [2.75, 3.05) is 18.4 Å². The number of nitrogens with zero attached hydrogens (tertiary/aromatic N) is 1. The predicted molar refractivity (Wildman–Crippen MR) is 108 cm³/mol. The average molecular weight is 432 g/mol. The molecule has 0 fully saturated rings. The minimum absolute atomic E-state index is 0.268. The largest absolute Gasteiger partial charge is 0.573 e. The average Bonchev–Trinajstić information content (AvgIpc) is 3.10. The Labute approximate surface area is 175 Å². The number of aromatic nitrogens is 1. The monoisotopic (exact) mass is 432 g/mol. The van der Waals surface area contributed by atoms with Crippen LogP contribution in [0.5, 0.6) is 5.75 Å². The molecule has 1 aliphatic rings. The fourth-order valence-electron chi connectivity index (χ4n) is 3.58. The first-order valence-electron chi connectivity index (χ1n) is 9.55. The summed E-state index contributed by atoms with van der Waals surface area (Å²) in [6.07, 6.45) is -4.07. The van der Waals surface area contributed by atoms with Gasteiger partial charge in [0.2, 0.25) is 5.91 Å². The van der Waals surface area contributed by atoms with Gasteiger partial charge in [0, 0.05) is 28.8 Å². The van der Waals surface area contributed by atoms with Crippen LogP contribution in [0.15, 0.2) is 48.5 Å². The van der Waals surface area contributed by atoms with Gasteiger partial charge >= 0.3 is 12.4 Å². The minimum Gasteiger partial charge on any atom is -0.406 e. The second-order valence-corrected chi connectivity index (χ2v) is 7.08. The first-order chi connectivity index (χ1) is 14.8. The van der Waals surface area contributed by atoms with Gasteiger partial charge in [0.15, 0.2) is 0 Å². The number of carbonyl (C=O) groups is 2. The molecule has 4 rings (SSSR count). The molecule has 3 N–H and O–H groups in total. The molecule has 162 valence electrons. The number of hydrogen-bond donors (Lipinski definition) is 3. The number of H-pyrrole nitrogens is 1. The summed E-state index contributed by atoms with van der Waals surface area (Å²) in [5.41, 5.74) is 3.50. The van der Waals surface area contributed by atoms with Gasteiger partial charge in [-0.05, 0) is 42.3 Å². The van der Waals surface area contributed by atoms with E-state index in [0.29, 0.717) is 19.5 Å². The number of urea groups is 1. The molecule has 0 aliphatic carbocycles. The van der Waals surface area contributed by atoms with Crippen LogP contribution >= 0.6 is 0 Å². The molecule has 7 nitrogen and oxygen atoms in total. The van der Waals surface area contributed by atoms with Crippen molar-refractivity contribution in [2.45, 2.75) is 19.3 Å². The van der Waals surface area contributed by atoms with E-state index in [1.165, 1.54) is 17.7 Å². The summed E-state index contributed by atoms with van der Waals surface area (Å²) in [5.74, 6) is -0.888. The van der Waals surface area contributed by atoms with Crippen molar-refractivity contribution in [3.8, 4) is 5.75 Å². The molecule has 31 heavy (non-hydrogen) atoms. The SMILES string of the molecule is O=C(CNC(=O)N1CCc2c([nH]c3ccccc23)C1)Nc1ccc(OC(F)(F)F)cc1. The van der Waals surface area contributed by atoms with Crippen LogP contribution in [0.1, 0.15) is 11.3 Å². The number of para-hydroxylation sites is 1. The summed E-state index contributed by atoms with van der Waals surface area (Å²) in [7, 11) is 0. The molecule has 0 unspecified atom stereocenters. The molecule has 0 spiro atoms. The predicted octanol–water partition coefficient (Wildman–Crippen LogP) is 3.77. The number of ether oxygens (including phenoxy) is 1. The number of aromatic amines is 1. The highest BCUT2D eigenvalue weighted by Gasteiger charge is 2.31. The van der Waals surface area contributed by atoms with Crippen LogP contribution in [0.25, 0.3) is 10.9 Å². The molecule has 2 heterocycles. The van der Waals surface area contributed by atoms with Gasteiger partial charge in [-0.15, -0.1) is 13.2 Å². The van der Waals surface area contributed by atoms with E-state index in [2.05, 4.69) is 20.4 Å². The summed E-state index contributed by atoms with van der Waals surface area (Å²) < 4.78 is 40.3. The lowest BCUT2D eigenvalue weighted by atomic mass is 10.0. The summed E-state index contributed by atoms with van der Waals surface area (Å²) in [6, 6.07) is 12.3. The molecule has 0 atom stereocenters. The molecule has 1 aromatic heterocycles. The van der Waals surface area contributed by atoms with E-state index in [9.17, 15) is 22.8 Å². The number of benzene rings is 2. The molecule has 0 saturated heterocycles. The van der Waals surface area contributed by atoms with Crippen molar-refractivity contribution in [3.63, 3.8) is 0 Å². The van der Waals surface area contributed by atoms with Gasteiger partial charge in [0.05, 0.1) is 13.1 Å². The quantitative estimate of drug-likeness (QED) is 0.587. The first kappa shape index (κ1) is 20.6. The lowest BCUT2D eigenvalue weighted by Crippen LogP contribution is -2.45. The fraction of sp³-hybridized carbons (Fsp3) is 0.238. The molecule has 3 amide bonds. The molecule has 0 radical (unpaired) electrons. The first-order valence-corrected chi connectivity index (χ1v) is 9.55. The van der Waals surface area contributed by atoms with Crippen LogP contribution in [0, 0.1) is 0 Å². The highest BCUT2D eigenvalue weighted by atomic mass is 19.4. The Morgan fingerprint density at radius 2 is 1.84 bits per heavy atom. The molecule has 3 aromatic rings. The van der Waals surface area contributed by atoms with Crippen molar-refractivity contribution in [1.82, 2.24) is 15.2 Å². The third-order valence-corrected chi connectivity index (χ3v) is 4.94. The Morgan fingerprint density at radius 1 is 1.10 bits per heavy atom. The van der Waals surface area contributed by atoms with E-state index in [4.69, 9.17) is 0 Å². The standard InChI is InChI=1S/C21H19F3N4O3/c22-21(23,24)31-14-7-5-13(6-8-14)26-19(29)11-25-20(30)28-10-9-16-15-3-1-2-4-17(15)27-18(16)12-28/h1-8,27H,9-12H2,(H,25,30)(H,26,29). The lowest BCUT2D eigenvalue weighted by Gasteiger charge is -2.27. The van der Waals surface area contributed by atoms with E-state index < -0.39 is 12.3 Å². The van der Waals surface area contributed by atoms with Gasteiger partial charge in [0.25, 0.3) is 0 Å². The van der Waals surface area contributed by atoms with Crippen LogP contribution in [0.4, 0.5) is 23.7 Å². The van der Waals surface area contributed by atoms with Gasteiger partial charge in [0.1, 0.15) is 5.75 Å². The maximum atomic E-state index is 12.5. The topological polar surface area (TPSA) is 86.5 Å². The number of hydrogen-bond acceptors (Lipinski definition) is 3. The Morgan fingerprint density at radius 3 is 2.58 bits per heavy atom. The Balaban J connectivity index is 1.28. The molecule has 0 bridgehead atoms. The zero-order chi connectivity index (χ0) is 22.0. The van der Waals surface area contributed by atoms with Crippen LogP contribution in [0.2, 0.25) is 0 Å². The number of rotatable bonds is 4. The zero-order valence-electron chi connectivity index (χ0n) is 16.3. The van der Waals surface area contributed by atoms with E-state index in [1.54, 1.807) is 4.90 Å². The highest BCUT2D eigenvalue weighted by molar-refractivity contribution is 5.94. The van der Waals surface area contributed by atoms with E-state index >= 15 is 0 Å². The number of amides is 3. The van der Waals surface area contributed by atoms with Crippen LogP contribution in [-0.4, -0.2) is 41.3 Å². The van der Waals surface area contributed by atoms with Crippen molar-refractivity contribution < 1.29 is 27.5 Å². The second-order valence-electron chi connectivity index (χ2n) is 7.08. The Hall–Kier alpha value is -3.69. The summed E-state index contributed by atoms with van der Waals surface area (Å²) >= 11 is 0. The van der Waals surface area contributed by atoms with Crippen LogP contribution < -0.4 is 15.4 Å². The highest BCUT2D eigenvalue weighted by Crippen LogP contribution is 2.27. The maximum Gasteiger partial charge on any atom is 0.573 e. The van der Waals surface area contributed by atoms with E-state index in [-0.39, 0.29) is 24.0 Å². The van der Waals surface area contributed by atoms with E-state index in [1.807, 2.05) is 24.3 Å². The number of nitrogens with one attached hydrogen (secondary N) is 3. The molecular formula is C21H19F3N4O3. The fourth-order valence-corrected chi connectivity index (χ4v) is 3.58. The Bertz CT molecular complexity index is 1110. The van der Waals surface area contributed by atoms with Crippen molar-refractivity contribution in [2.24, 2.45) is 0 Å². The summed E-state index contributed by atoms with van der Waals surface area (Å²) in [5, 5.41) is 6.23. The van der Waals surface area contributed by atoms with Crippen molar-refractivity contribution in [1.29, 1.82) is 0 Å². The van der Waals surface area contributed by atoms with E-state index in [0.717, 1.165) is 28.7 Å². The molecule has 0 saturated carbocycles. The third-order valence-electron chi connectivity index (χ3n) is 4.94. The molecule has 1 aliphatic heterocycles. The molecular weight excluding hydrogens is 413 g/mol. The van der Waals surface area contributed by atoms with Crippen molar-refractivity contribution in [3.05, 3.63) is 59.8 Å². The number of carbonyl (C=O) groups excluding carboxylic acids is 2. The zero-order valence-corrected chi connectivity index (χ0v) is 16.3. The third kappa shape index (κ3) is 4.90. The smallest absolute Gasteiger partial charge is 0.406 e. The number of alkyl halides is 3. The maximum absolute atomic E-state index is 12.5. The Kier molecular flexibility index (Phi) is 5.45. The number of fused-ring (bicyclic) bond motifs is 3. The minimum atomic E-state index is -4.78. The van der Waals surface area contributed by atoms with Gasteiger partial charge in [-0.3, -0.25) is 4.79 Å². The number of anilines is 1. The number of halogens is 3. The normalized spacial score (nSPS) is 13.6. The van der Waals surface area contributed by atoms with Crippen LogP contribution in [0.3, 0.4) is 0 Å². The second kappa shape index (κ2) is 8.21. The van der Waals surface area contributed by atoms with Gasteiger partial charge in [-0.1, -0.05) is 18.2 Å². The molecule has 2 aromatic carbocycles. The molecule has 10 heteroatoms. The summed E-state index contributed by atoms with van der Waals surface area (Å²) in [4.78, 5) is 29.5.